The van der Waals surface area contributed by atoms with Crippen LogP contribution in [0.4, 0.5) is 0 Å². The minimum absolute atomic E-state index is 0.000782. The number of ether oxygens (including phenoxy) is 2. The minimum atomic E-state index is -1.87. The van der Waals surface area contributed by atoms with Crippen LogP contribution >= 0.6 is 0 Å². The molecule has 0 saturated carbocycles. The van der Waals surface area contributed by atoms with E-state index in [1.807, 2.05) is 19.1 Å². The molecule has 0 fully saturated rings. The fourth-order valence-electron chi connectivity index (χ4n) is 2.44. The van der Waals surface area contributed by atoms with E-state index in [1.54, 1.807) is 7.11 Å². The molecule has 0 amide bonds. The number of benzene rings is 1. The molecule has 0 radical (unpaired) electrons. The van der Waals surface area contributed by atoms with Gasteiger partial charge in [-0.05, 0) is 25.5 Å². The molecular formula is C15H24O3Si. The summed E-state index contributed by atoms with van der Waals surface area (Å²) in [6.45, 7) is 8.80. The van der Waals surface area contributed by atoms with E-state index in [1.165, 1.54) is 5.19 Å². The van der Waals surface area contributed by atoms with Crippen LogP contribution < -0.4 is 9.92 Å². The first-order valence-corrected chi connectivity index (χ1v) is 9.86. The highest BCUT2D eigenvalue weighted by atomic mass is 28.3. The summed E-state index contributed by atoms with van der Waals surface area (Å²) in [7, 11) is -0.217. The first-order chi connectivity index (χ1) is 8.97. The van der Waals surface area contributed by atoms with Crippen molar-refractivity contribution in [2.45, 2.75) is 38.9 Å². The molecule has 0 aliphatic carbocycles. The molecule has 0 aliphatic heterocycles. The number of hydrogen-bond donors (Lipinski definition) is 0. The Kier molecular flexibility index (Phi) is 5.60. The lowest BCUT2D eigenvalue weighted by molar-refractivity contribution is -0.143. The summed E-state index contributed by atoms with van der Waals surface area (Å²) in [5.41, 5.74) is 0.000782. The summed E-state index contributed by atoms with van der Waals surface area (Å²) in [5.74, 6) is 0.787. The van der Waals surface area contributed by atoms with E-state index in [9.17, 15) is 4.79 Å². The van der Waals surface area contributed by atoms with E-state index < -0.39 is 8.07 Å². The maximum absolute atomic E-state index is 12.1. The third kappa shape index (κ3) is 3.59. The van der Waals surface area contributed by atoms with Crippen LogP contribution in [0.3, 0.4) is 0 Å². The van der Waals surface area contributed by atoms with E-state index in [4.69, 9.17) is 9.47 Å². The number of carbonyl (C=O) groups is 1. The molecule has 0 aromatic heterocycles. The Labute approximate surface area is 116 Å². The maximum atomic E-state index is 12.1. The maximum Gasteiger partial charge on any atom is 0.306 e. The lowest BCUT2D eigenvalue weighted by Crippen LogP contribution is -2.49. The lowest BCUT2D eigenvalue weighted by Gasteiger charge is -2.30. The first-order valence-electron chi connectivity index (χ1n) is 6.78. The van der Waals surface area contributed by atoms with Crippen LogP contribution in [0.25, 0.3) is 0 Å². The van der Waals surface area contributed by atoms with Gasteiger partial charge in [-0.1, -0.05) is 37.3 Å². The summed E-state index contributed by atoms with van der Waals surface area (Å²) in [5, 5.41) is 1.26. The molecule has 0 heterocycles. The van der Waals surface area contributed by atoms with Gasteiger partial charge in [0.25, 0.3) is 0 Å². The Morgan fingerprint density at radius 3 is 2.21 bits per heavy atom. The van der Waals surface area contributed by atoms with Gasteiger partial charge in [0.2, 0.25) is 0 Å². The zero-order valence-electron chi connectivity index (χ0n) is 12.5. The fourth-order valence-corrected chi connectivity index (χ4v) is 5.56. The average molecular weight is 280 g/mol. The van der Waals surface area contributed by atoms with Gasteiger partial charge in [-0.25, -0.2) is 0 Å². The normalized spacial score (nSPS) is 12.9. The Balaban J connectivity index is 3.01. The van der Waals surface area contributed by atoms with Gasteiger partial charge in [0.1, 0.15) is 5.75 Å². The summed E-state index contributed by atoms with van der Waals surface area (Å²) in [4.78, 5) is 12.1. The van der Waals surface area contributed by atoms with Gasteiger partial charge < -0.3 is 9.47 Å². The second-order valence-electron chi connectivity index (χ2n) is 5.16. The second-order valence-corrected chi connectivity index (χ2v) is 9.88. The third-order valence-corrected chi connectivity index (χ3v) is 7.89. The predicted octanol–water partition coefficient (Wildman–Crippen LogP) is 2.95. The molecule has 4 heteroatoms. The quantitative estimate of drug-likeness (QED) is 0.593. The van der Waals surface area contributed by atoms with Crippen molar-refractivity contribution in [3.8, 4) is 5.75 Å². The molecule has 0 bridgehead atoms. The van der Waals surface area contributed by atoms with Crippen LogP contribution in [0.15, 0.2) is 24.3 Å². The van der Waals surface area contributed by atoms with Crippen LogP contribution in [0, 0.1) is 0 Å². The monoisotopic (exact) mass is 280 g/mol. The summed E-state index contributed by atoms with van der Waals surface area (Å²) >= 11 is 0. The van der Waals surface area contributed by atoms with Gasteiger partial charge >= 0.3 is 5.97 Å². The highest BCUT2D eigenvalue weighted by Crippen LogP contribution is 2.27. The van der Waals surface area contributed by atoms with E-state index in [0.717, 1.165) is 12.2 Å². The highest BCUT2D eigenvalue weighted by Gasteiger charge is 2.38. The van der Waals surface area contributed by atoms with Crippen LogP contribution in [-0.2, 0) is 9.53 Å². The van der Waals surface area contributed by atoms with Gasteiger partial charge in [-0.15, -0.1) is 0 Å². The molecule has 1 aromatic rings. The van der Waals surface area contributed by atoms with Gasteiger partial charge in [0, 0.05) is 0 Å². The minimum Gasteiger partial charge on any atom is -0.497 e. The van der Waals surface area contributed by atoms with E-state index >= 15 is 0 Å². The molecule has 0 N–H and O–H groups in total. The highest BCUT2D eigenvalue weighted by molar-refractivity contribution is 6.93. The molecule has 19 heavy (non-hydrogen) atoms. The van der Waals surface area contributed by atoms with Crippen molar-refractivity contribution in [3.05, 3.63) is 24.3 Å². The van der Waals surface area contributed by atoms with E-state index in [2.05, 4.69) is 32.2 Å². The topological polar surface area (TPSA) is 35.5 Å². The summed E-state index contributed by atoms with van der Waals surface area (Å²) in [6, 6.07) is 8.07. The van der Waals surface area contributed by atoms with Crippen molar-refractivity contribution in [1.29, 1.82) is 0 Å². The smallest absolute Gasteiger partial charge is 0.306 e. The number of hydrogen-bond acceptors (Lipinski definition) is 3. The van der Waals surface area contributed by atoms with E-state index in [0.29, 0.717) is 6.61 Å². The van der Waals surface area contributed by atoms with E-state index in [-0.39, 0.29) is 11.5 Å². The predicted molar refractivity (Wildman–Crippen MR) is 80.8 cm³/mol. The average Bonchev–Trinajstić information content (AvgIpc) is 2.39. The molecule has 0 spiro atoms. The SMILES string of the molecule is CCOC(=O)[C@@H](CC)[Si](C)(C)c1ccc(OC)cc1. The van der Waals surface area contributed by atoms with Gasteiger partial charge in [-0.2, -0.15) is 0 Å². The lowest BCUT2D eigenvalue weighted by atomic mass is 10.3. The molecule has 0 unspecified atom stereocenters. The van der Waals surface area contributed by atoms with Crippen molar-refractivity contribution < 1.29 is 14.3 Å². The molecule has 1 rings (SSSR count). The molecule has 1 aromatic carbocycles. The Morgan fingerprint density at radius 2 is 1.79 bits per heavy atom. The van der Waals surface area contributed by atoms with Crippen LogP contribution in [0.5, 0.6) is 5.75 Å². The van der Waals surface area contributed by atoms with Crippen molar-refractivity contribution in [2.75, 3.05) is 13.7 Å². The number of methoxy groups -OCH3 is 1. The van der Waals surface area contributed by atoms with Crippen LogP contribution in [0.2, 0.25) is 18.6 Å². The van der Waals surface area contributed by atoms with Crippen LogP contribution in [-0.4, -0.2) is 27.8 Å². The van der Waals surface area contributed by atoms with Gasteiger partial charge in [-0.3, -0.25) is 4.79 Å². The first kappa shape index (κ1) is 15.8. The van der Waals surface area contributed by atoms with Gasteiger partial charge in [0.15, 0.2) is 0 Å². The third-order valence-electron chi connectivity index (χ3n) is 3.68. The summed E-state index contributed by atoms with van der Waals surface area (Å²) in [6.07, 6.45) is 0.823. The van der Waals surface area contributed by atoms with Crippen molar-refractivity contribution in [1.82, 2.24) is 0 Å². The van der Waals surface area contributed by atoms with Crippen molar-refractivity contribution in [2.24, 2.45) is 0 Å². The Bertz CT molecular complexity index is 412. The Morgan fingerprint density at radius 1 is 1.21 bits per heavy atom. The number of carbonyl (C=O) groups excluding carboxylic acids is 1. The molecular weight excluding hydrogens is 256 g/mol. The Hall–Kier alpha value is -1.29. The van der Waals surface area contributed by atoms with Crippen molar-refractivity contribution >= 4 is 19.2 Å². The van der Waals surface area contributed by atoms with Crippen LogP contribution in [0.1, 0.15) is 20.3 Å². The molecule has 0 aliphatic rings. The second kappa shape index (κ2) is 6.75. The largest absolute Gasteiger partial charge is 0.497 e. The summed E-state index contributed by atoms with van der Waals surface area (Å²) < 4.78 is 10.4. The number of rotatable bonds is 6. The van der Waals surface area contributed by atoms with Gasteiger partial charge in [0.05, 0.1) is 27.3 Å². The standard InChI is InChI=1S/C15H24O3Si/c1-6-14(15(16)18-7-2)19(4,5)13-10-8-12(17-3)9-11-13/h8-11,14H,6-7H2,1-5H3/t14-/m1/s1. The zero-order chi connectivity index (χ0) is 14.5. The fraction of sp³-hybridized carbons (Fsp3) is 0.533. The molecule has 3 nitrogen and oxygen atoms in total. The zero-order valence-corrected chi connectivity index (χ0v) is 13.5. The number of esters is 1. The molecule has 1 atom stereocenters. The molecule has 106 valence electrons. The van der Waals surface area contributed by atoms with Crippen molar-refractivity contribution in [3.63, 3.8) is 0 Å². The molecule has 0 saturated heterocycles.